The van der Waals surface area contributed by atoms with E-state index < -0.39 is 23.8 Å². The summed E-state index contributed by atoms with van der Waals surface area (Å²) in [6, 6.07) is 4.33. The lowest BCUT2D eigenvalue weighted by atomic mass is 9.67. The first-order valence-electron chi connectivity index (χ1n) is 10.3. The van der Waals surface area contributed by atoms with Gasteiger partial charge in [0.05, 0.1) is 11.1 Å². The van der Waals surface area contributed by atoms with Gasteiger partial charge < -0.3 is 10.6 Å². The van der Waals surface area contributed by atoms with Crippen LogP contribution in [0.5, 0.6) is 0 Å². The van der Waals surface area contributed by atoms with Gasteiger partial charge in [0.1, 0.15) is 6.04 Å². The van der Waals surface area contributed by atoms with Gasteiger partial charge in [-0.25, -0.2) is 0 Å². The van der Waals surface area contributed by atoms with Gasteiger partial charge in [-0.2, -0.15) is 0 Å². The topological polar surface area (TPSA) is 108 Å². The highest BCUT2D eigenvalue weighted by Gasteiger charge is 2.46. The zero-order valence-corrected chi connectivity index (χ0v) is 16.1. The summed E-state index contributed by atoms with van der Waals surface area (Å²) in [5, 5.41) is 9.12. The number of nitrogens with one attached hydrogen (secondary N) is 3. The number of amides is 4. The van der Waals surface area contributed by atoms with Gasteiger partial charge in [0.2, 0.25) is 11.8 Å². The van der Waals surface area contributed by atoms with Crippen molar-refractivity contribution in [3.63, 3.8) is 0 Å². The largest absolute Gasteiger partial charge is 0.316 e. The fourth-order valence-electron chi connectivity index (χ4n) is 5.29. The molecule has 0 spiro atoms. The van der Waals surface area contributed by atoms with Crippen molar-refractivity contribution in [1.82, 2.24) is 20.9 Å². The van der Waals surface area contributed by atoms with E-state index in [2.05, 4.69) is 16.0 Å². The lowest BCUT2D eigenvalue weighted by Crippen LogP contribution is -2.54. The summed E-state index contributed by atoms with van der Waals surface area (Å²) in [5.74, 6) is 0.354. The van der Waals surface area contributed by atoms with Crippen LogP contribution in [0.4, 0.5) is 0 Å². The van der Waals surface area contributed by atoms with Crippen LogP contribution in [0.2, 0.25) is 0 Å². The highest BCUT2D eigenvalue weighted by molar-refractivity contribution is 6.24. The summed E-state index contributed by atoms with van der Waals surface area (Å²) in [6.07, 6.45) is 1.52. The van der Waals surface area contributed by atoms with Crippen LogP contribution in [0.1, 0.15) is 45.5 Å². The number of hydrogen-bond donors (Lipinski definition) is 3. The molecule has 3 fully saturated rings. The average molecular weight is 396 g/mol. The van der Waals surface area contributed by atoms with E-state index in [1.807, 2.05) is 6.07 Å². The Morgan fingerprint density at radius 3 is 2.76 bits per heavy atom. The molecule has 3 heterocycles. The minimum Gasteiger partial charge on any atom is -0.316 e. The maximum atomic E-state index is 13.1. The number of carbonyl (C=O) groups excluding carboxylic acids is 4. The van der Waals surface area contributed by atoms with Crippen molar-refractivity contribution >= 4 is 23.6 Å². The minimum atomic E-state index is -0.928. The van der Waals surface area contributed by atoms with E-state index in [9.17, 15) is 19.2 Å². The van der Waals surface area contributed by atoms with Crippen LogP contribution < -0.4 is 16.0 Å². The van der Waals surface area contributed by atoms with Crippen molar-refractivity contribution in [3.8, 4) is 0 Å². The normalized spacial score (nSPS) is 30.8. The fourth-order valence-corrected chi connectivity index (χ4v) is 5.29. The molecule has 8 heteroatoms. The standard InChI is InChI=1S/C21H24N4O4/c26-17-5-4-16(19(27)24-17)25-20(28)14-3-1-2-11(18(14)21(25)29)7-22-8-12-6-13-9-23-10-15(12)13/h1-3,12-13,15-16,22-23H,4-10H2,(H,24,26,27)/t12-,13-,15-,16?/m0/s1. The second kappa shape index (κ2) is 7.03. The van der Waals surface area contributed by atoms with Gasteiger partial charge in [-0.15, -0.1) is 0 Å². The van der Waals surface area contributed by atoms with Crippen molar-refractivity contribution in [2.24, 2.45) is 17.8 Å². The molecule has 4 atom stereocenters. The van der Waals surface area contributed by atoms with Crippen LogP contribution in [0.25, 0.3) is 0 Å². The van der Waals surface area contributed by atoms with Crippen LogP contribution in [0.15, 0.2) is 18.2 Å². The predicted octanol–water partition coefficient (Wildman–Crippen LogP) is 0.0329. The van der Waals surface area contributed by atoms with Crippen LogP contribution >= 0.6 is 0 Å². The molecule has 1 aromatic rings. The van der Waals surface area contributed by atoms with Crippen molar-refractivity contribution in [1.29, 1.82) is 0 Å². The molecule has 4 aliphatic rings. The molecule has 2 saturated heterocycles. The predicted molar refractivity (Wildman–Crippen MR) is 103 cm³/mol. The zero-order valence-electron chi connectivity index (χ0n) is 16.1. The van der Waals surface area contributed by atoms with Gasteiger partial charge >= 0.3 is 0 Å². The van der Waals surface area contributed by atoms with Crippen molar-refractivity contribution in [2.75, 3.05) is 19.6 Å². The number of benzene rings is 1. The molecule has 0 aromatic heterocycles. The third-order valence-corrected chi connectivity index (χ3v) is 6.88. The quantitative estimate of drug-likeness (QED) is 0.607. The number of rotatable bonds is 5. The second-order valence-electron chi connectivity index (χ2n) is 8.50. The summed E-state index contributed by atoms with van der Waals surface area (Å²) in [4.78, 5) is 50.6. The first kappa shape index (κ1) is 18.4. The molecule has 0 radical (unpaired) electrons. The first-order valence-corrected chi connectivity index (χ1v) is 10.3. The van der Waals surface area contributed by atoms with Crippen LogP contribution in [-0.2, 0) is 16.1 Å². The Labute approximate surface area is 168 Å². The summed E-state index contributed by atoms with van der Waals surface area (Å²) >= 11 is 0. The van der Waals surface area contributed by atoms with Crippen molar-refractivity contribution in [2.45, 2.75) is 31.8 Å². The van der Waals surface area contributed by atoms with Crippen molar-refractivity contribution in [3.05, 3.63) is 34.9 Å². The Morgan fingerprint density at radius 1 is 1.10 bits per heavy atom. The fraction of sp³-hybridized carbons (Fsp3) is 0.524. The van der Waals surface area contributed by atoms with Gasteiger partial charge in [0, 0.05) is 13.0 Å². The molecule has 3 aliphatic heterocycles. The second-order valence-corrected chi connectivity index (χ2v) is 8.50. The number of fused-ring (bicyclic) bond motifs is 2. The molecule has 8 nitrogen and oxygen atoms in total. The molecule has 1 unspecified atom stereocenters. The van der Waals surface area contributed by atoms with Crippen molar-refractivity contribution < 1.29 is 19.2 Å². The van der Waals surface area contributed by atoms with E-state index in [4.69, 9.17) is 0 Å². The van der Waals surface area contributed by atoms with E-state index in [0.29, 0.717) is 23.6 Å². The lowest BCUT2D eigenvalue weighted by molar-refractivity contribution is -0.136. The Morgan fingerprint density at radius 2 is 1.97 bits per heavy atom. The number of imide groups is 2. The molecule has 1 saturated carbocycles. The first-order chi connectivity index (χ1) is 14.0. The number of piperidine rings is 1. The number of nitrogens with zero attached hydrogens (tertiary/aromatic N) is 1. The highest BCUT2D eigenvalue weighted by atomic mass is 16.2. The molecule has 29 heavy (non-hydrogen) atoms. The van der Waals surface area contributed by atoms with Gasteiger partial charge in [-0.05, 0) is 61.9 Å². The molecule has 4 amide bonds. The average Bonchev–Trinajstić information content (AvgIpc) is 3.18. The maximum Gasteiger partial charge on any atom is 0.262 e. The van der Waals surface area contributed by atoms with Crippen LogP contribution in [0.3, 0.4) is 0 Å². The molecule has 0 bridgehead atoms. The molecule has 5 rings (SSSR count). The van der Waals surface area contributed by atoms with Crippen LogP contribution in [-0.4, -0.2) is 54.2 Å². The van der Waals surface area contributed by atoms with E-state index in [0.717, 1.165) is 41.9 Å². The number of hydrogen-bond acceptors (Lipinski definition) is 6. The van der Waals surface area contributed by atoms with E-state index in [-0.39, 0.29) is 18.7 Å². The molecule has 1 aromatic carbocycles. The minimum absolute atomic E-state index is 0.122. The Balaban J connectivity index is 1.30. The Kier molecular flexibility index (Phi) is 4.48. The van der Waals surface area contributed by atoms with Gasteiger partial charge in [0.15, 0.2) is 0 Å². The molecular formula is C21H24N4O4. The van der Waals surface area contributed by atoms with Crippen LogP contribution in [0, 0.1) is 17.8 Å². The lowest BCUT2D eigenvalue weighted by Gasteiger charge is -2.39. The summed E-state index contributed by atoms with van der Waals surface area (Å²) in [5.41, 5.74) is 1.49. The highest BCUT2D eigenvalue weighted by Crippen LogP contribution is 2.42. The third-order valence-electron chi connectivity index (χ3n) is 6.88. The summed E-state index contributed by atoms with van der Waals surface area (Å²) in [7, 11) is 0. The smallest absolute Gasteiger partial charge is 0.262 e. The summed E-state index contributed by atoms with van der Waals surface area (Å²) < 4.78 is 0. The zero-order chi connectivity index (χ0) is 20.1. The SMILES string of the molecule is O=C1CCC(N2C(=O)c3cccc(CNC[C@@H]4C[C@H]5CNC[C@@H]45)c3C2=O)C(=O)N1. The van der Waals surface area contributed by atoms with E-state index >= 15 is 0 Å². The van der Waals surface area contributed by atoms with Gasteiger partial charge in [-0.3, -0.25) is 29.4 Å². The van der Waals surface area contributed by atoms with E-state index in [1.165, 1.54) is 6.42 Å². The Bertz CT molecular complexity index is 914. The maximum absolute atomic E-state index is 13.1. The summed E-state index contributed by atoms with van der Waals surface area (Å²) in [6.45, 7) is 3.62. The van der Waals surface area contributed by atoms with Gasteiger partial charge in [-0.1, -0.05) is 12.1 Å². The molecular weight excluding hydrogens is 372 g/mol. The molecule has 1 aliphatic carbocycles. The monoisotopic (exact) mass is 396 g/mol. The van der Waals surface area contributed by atoms with Gasteiger partial charge in [0.25, 0.3) is 11.8 Å². The van der Waals surface area contributed by atoms with E-state index in [1.54, 1.807) is 12.1 Å². The Hall–Kier alpha value is -2.58. The molecule has 3 N–H and O–H groups in total. The number of carbonyl (C=O) groups is 4. The molecule has 152 valence electrons. The third kappa shape index (κ3) is 2.98.